The van der Waals surface area contributed by atoms with Gasteiger partial charge in [-0.05, 0) is 30.5 Å². The third-order valence-corrected chi connectivity index (χ3v) is 3.51. The van der Waals surface area contributed by atoms with Gasteiger partial charge in [0.2, 0.25) is 0 Å². The van der Waals surface area contributed by atoms with E-state index in [1.807, 2.05) is 6.07 Å². The molecule has 3 nitrogen and oxygen atoms in total. The van der Waals surface area contributed by atoms with E-state index < -0.39 is 0 Å². The summed E-state index contributed by atoms with van der Waals surface area (Å²) < 4.78 is 5.27. The van der Waals surface area contributed by atoms with Crippen molar-refractivity contribution in [1.29, 1.82) is 0 Å². The second kappa shape index (κ2) is 4.96. The van der Waals surface area contributed by atoms with Crippen LogP contribution in [0.2, 0.25) is 0 Å². The van der Waals surface area contributed by atoms with Crippen molar-refractivity contribution in [1.82, 2.24) is 5.32 Å². The molecule has 3 heteroatoms. The van der Waals surface area contributed by atoms with Crippen LogP contribution in [-0.4, -0.2) is 25.3 Å². The Morgan fingerprint density at radius 2 is 2.18 bits per heavy atom. The Kier molecular flexibility index (Phi) is 3.57. The average Bonchev–Trinajstić information content (AvgIpc) is 2.82. The van der Waals surface area contributed by atoms with Gasteiger partial charge in [-0.3, -0.25) is 0 Å². The van der Waals surface area contributed by atoms with Gasteiger partial charge in [0, 0.05) is 18.0 Å². The van der Waals surface area contributed by atoms with E-state index in [1.165, 1.54) is 5.56 Å². The van der Waals surface area contributed by atoms with E-state index in [0.29, 0.717) is 23.3 Å². The molecule has 2 rings (SSSR count). The van der Waals surface area contributed by atoms with Gasteiger partial charge in [0.05, 0.1) is 7.11 Å². The van der Waals surface area contributed by atoms with E-state index in [9.17, 15) is 5.11 Å². The van der Waals surface area contributed by atoms with Gasteiger partial charge in [-0.15, -0.1) is 0 Å². The number of rotatable bonds is 3. The van der Waals surface area contributed by atoms with Gasteiger partial charge in [-0.25, -0.2) is 0 Å². The molecule has 0 aromatic heterocycles. The normalized spacial score (nSPS) is 19.9. The number of methoxy groups -OCH3 is 1. The van der Waals surface area contributed by atoms with Crippen LogP contribution < -0.4 is 10.1 Å². The number of benzene rings is 1. The third-order valence-electron chi connectivity index (χ3n) is 3.51. The molecule has 0 amide bonds. The standard InChI is InChI=1S/C14H21NO2/c1-9(2)11-6-12(10-4-5-15-8-10)14(16)13(7-11)17-3/h6-7,9-10,15-16H,4-5,8H2,1-3H3. The summed E-state index contributed by atoms with van der Waals surface area (Å²) in [5.74, 6) is 1.75. The van der Waals surface area contributed by atoms with Gasteiger partial charge in [0.1, 0.15) is 0 Å². The van der Waals surface area contributed by atoms with Crippen LogP contribution in [0.1, 0.15) is 43.2 Å². The van der Waals surface area contributed by atoms with Crippen LogP contribution in [0.5, 0.6) is 11.5 Å². The van der Waals surface area contributed by atoms with Crippen molar-refractivity contribution in [2.24, 2.45) is 0 Å². The molecule has 0 spiro atoms. The highest BCUT2D eigenvalue weighted by atomic mass is 16.5. The highest BCUT2D eigenvalue weighted by Crippen LogP contribution is 2.39. The van der Waals surface area contributed by atoms with Crippen molar-refractivity contribution in [3.8, 4) is 11.5 Å². The average molecular weight is 235 g/mol. The topological polar surface area (TPSA) is 41.5 Å². The Labute approximate surface area is 103 Å². The highest BCUT2D eigenvalue weighted by molar-refractivity contribution is 5.51. The minimum atomic E-state index is 0.311. The summed E-state index contributed by atoms with van der Waals surface area (Å²) in [5.41, 5.74) is 2.25. The number of ether oxygens (including phenoxy) is 1. The van der Waals surface area contributed by atoms with Gasteiger partial charge in [0.15, 0.2) is 11.5 Å². The fraction of sp³-hybridized carbons (Fsp3) is 0.571. The van der Waals surface area contributed by atoms with Crippen LogP contribution in [0.3, 0.4) is 0 Å². The molecular weight excluding hydrogens is 214 g/mol. The number of hydrogen-bond donors (Lipinski definition) is 2. The number of hydrogen-bond acceptors (Lipinski definition) is 3. The smallest absolute Gasteiger partial charge is 0.161 e. The summed E-state index contributed by atoms with van der Waals surface area (Å²) in [7, 11) is 1.61. The van der Waals surface area contributed by atoms with Crippen molar-refractivity contribution in [3.63, 3.8) is 0 Å². The second-order valence-corrected chi connectivity index (χ2v) is 5.01. The lowest BCUT2D eigenvalue weighted by molar-refractivity contribution is 0.368. The summed E-state index contributed by atoms with van der Waals surface area (Å²) in [6, 6.07) is 4.06. The Morgan fingerprint density at radius 3 is 2.71 bits per heavy atom. The van der Waals surface area contributed by atoms with Crippen LogP contribution in [0.4, 0.5) is 0 Å². The van der Waals surface area contributed by atoms with E-state index >= 15 is 0 Å². The van der Waals surface area contributed by atoms with Crippen molar-refractivity contribution in [2.45, 2.75) is 32.1 Å². The first kappa shape index (κ1) is 12.2. The summed E-state index contributed by atoms with van der Waals surface area (Å²) in [5, 5.41) is 13.5. The third kappa shape index (κ3) is 2.39. The summed E-state index contributed by atoms with van der Waals surface area (Å²) in [4.78, 5) is 0. The molecule has 1 atom stereocenters. The molecule has 17 heavy (non-hydrogen) atoms. The fourth-order valence-corrected chi connectivity index (χ4v) is 2.37. The summed E-state index contributed by atoms with van der Waals surface area (Å²) in [6.07, 6.45) is 1.08. The molecule has 1 aromatic carbocycles. The van der Waals surface area contributed by atoms with Crippen molar-refractivity contribution < 1.29 is 9.84 Å². The predicted molar refractivity (Wildman–Crippen MR) is 69.0 cm³/mol. The Morgan fingerprint density at radius 1 is 1.41 bits per heavy atom. The van der Waals surface area contributed by atoms with E-state index in [2.05, 4.69) is 25.2 Å². The van der Waals surface area contributed by atoms with Crippen LogP contribution >= 0.6 is 0 Å². The van der Waals surface area contributed by atoms with Gasteiger partial charge in [-0.1, -0.05) is 19.9 Å². The largest absolute Gasteiger partial charge is 0.504 e. The molecule has 1 aromatic rings. The number of phenolic OH excluding ortho intramolecular Hbond substituents is 1. The molecule has 1 fully saturated rings. The lowest BCUT2D eigenvalue weighted by Crippen LogP contribution is -2.08. The number of aromatic hydroxyl groups is 1. The monoisotopic (exact) mass is 235 g/mol. The molecule has 1 unspecified atom stereocenters. The first-order valence-corrected chi connectivity index (χ1v) is 6.25. The molecule has 94 valence electrons. The molecule has 0 aliphatic carbocycles. The molecule has 1 heterocycles. The van der Waals surface area contributed by atoms with Gasteiger partial charge in [-0.2, -0.15) is 0 Å². The maximum atomic E-state index is 10.2. The lowest BCUT2D eigenvalue weighted by atomic mass is 9.92. The van der Waals surface area contributed by atoms with Crippen molar-refractivity contribution in [3.05, 3.63) is 23.3 Å². The molecule has 0 bridgehead atoms. The summed E-state index contributed by atoms with van der Waals surface area (Å²) >= 11 is 0. The fourth-order valence-electron chi connectivity index (χ4n) is 2.37. The molecule has 0 radical (unpaired) electrons. The minimum absolute atomic E-state index is 0.311. The van der Waals surface area contributed by atoms with E-state index in [4.69, 9.17) is 4.74 Å². The summed E-state index contributed by atoms with van der Waals surface area (Å²) in [6.45, 7) is 6.28. The Hall–Kier alpha value is -1.22. The Balaban J connectivity index is 2.44. The minimum Gasteiger partial charge on any atom is -0.504 e. The SMILES string of the molecule is COc1cc(C(C)C)cc(C2CCNC2)c1O. The molecule has 1 saturated heterocycles. The van der Waals surface area contributed by atoms with Crippen LogP contribution in [0.15, 0.2) is 12.1 Å². The maximum absolute atomic E-state index is 10.2. The molecule has 1 aliphatic rings. The quantitative estimate of drug-likeness (QED) is 0.846. The number of phenols is 1. The van der Waals surface area contributed by atoms with Gasteiger partial charge in [0.25, 0.3) is 0 Å². The van der Waals surface area contributed by atoms with E-state index in [-0.39, 0.29) is 0 Å². The zero-order chi connectivity index (χ0) is 12.4. The number of nitrogens with one attached hydrogen (secondary N) is 1. The van der Waals surface area contributed by atoms with Crippen molar-refractivity contribution >= 4 is 0 Å². The molecule has 1 aliphatic heterocycles. The first-order valence-electron chi connectivity index (χ1n) is 6.25. The van der Waals surface area contributed by atoms with Crippen molar-refractivity contribution in [2.75, 3.05) is 20.2 Å². The zero-order valence-corrected chi connectivity index (χ0v) is 10.8. The van der Waals surface area contributed by atoms with E-state index in [0.717, 1.165) is 25.1 Å². The zero-order valence-electron chi connectivity index (χ0n) is 10.8. The highest BCUT2D eigenvalue weighted by Gasteiger charge is 2.23. The maximum Gasteiger partial charge on any atom is 0.161 e. The van der Waals surface area contributed by atoms with E-state index in [1.54, 1.807) is 7.11 Å². The molecule has 2 N–H and O–H groups in total. The predicted octanol–water partition coefficient (Wildman–Crippen LogP) is 2.60. The van der Waals surface area contributed by atoms with Crippen LogP contribution in [0.25, 0.3) is 0 Å². The first-order chi connectivity index (χ1) is 8.13. The molecule has 0 saturated carbocycles. The lowest BCUT2D eigenvalue weighted by Gasteiger charge is -2.17. The van der Waals surface area contributed by atoms with Gasteiger partial charge < -0.3 is 15.2 Å². The van der Waals surface area contributed by atoms with Crippen LogP contribution in [-0.2, 0) is 0 Å². The Bertz CT molecular complexity index is 395. The molecular formula is C14H21NO2. The van der Waals surface area contributed by atoms with Crippen LogP contribution in [0, 0.1) is 0 Å². The van der Waals surface area contributed by atoms with Gasteiger partial charge >= 0.3 is 0 Å². The second-order valence-electron chi connectivity index (χ2n) is 5.01.